The van der Waals surface area contributed by atoms with E-state index in [4.69, 9.17) is 37.7 Å². The van der Waals surface area contributed by atoms with Crippen molar-refractivity contribution in [2.75, 3.05) is 51.1 Å². The number of likely N-dealkylation sites (N-methyl/N-ethyl adjacent to an activating group) is 1. The number of pyridine rings is 1. The summed E-state index contributed by atoms with van der Waals surface area (Å²) in [4.78, 5) is 9.61. The molecular weight excluding hydrogens is 607 g/mol. The van der Waals surface area contributed by atoms with E-state index < -0.39 is 10.0 Å². The van der Waals surface area contributed by atoms with E-state index in [1.165, 1.54) is 6.07 Å². The van der Waals surface area contributed by atoms with Gasteiger partial charge in [-0.15, -0.1) is 0 Å². The van der Waals surface area contributed by atoms with Crippen LogP contribution in [0.1, 0.15) is 42.1 Å². The number of hydrogen-bond donors (Lipinski definition) is 1. The molecule has 232 valence electrons. The lowest BCUT2D eigenvalue weighted by Gasteiger charge is -2.28. The molecule has 1 N–H and O–H groups in total. The van der Waals surface area contributed by atoms with E-state index in [0.29, 0.717) is 39.6 Å². The van der Waals surface area contributed by atoms with Crippen LogP contribution in [0.4, 0.5) is 5.82 Å². The fourth-order valence-electron chi connectivity index (χ4n) is 5.57. The molecule has 0 amide bonds. The van der Waals surface area contributed by atoms with Crippen LogP contribution in [-0.4, -0.2) is 69.6 Å². The minimum Gasteiger partial charge on any atom is -0.492 e. The average Bonchev–Trinajstić information content (AvgIpc) is 3.19. The van der Waals surface area contributed by atoms with Crippen LogP contribution >= 0.6 is 23.2 Å². The number of piperidine rings is 1. The number of ether oxygens (including phenoxy) is 2. The number of anilines is 1. The second-order valence-corrected chi connectivity index (χ2v) is 13.9. The zero-order valence-electron chi connectivity index (χ0n) is 25.0. The van der Waals surface area contributed by atoms with Crippen LogP contribution in [0.5, 0.6) is 11.5 Å². The standard InChI is InChI=1S/C32H40Cl2N4O4S/c1-4-38-16-12-25-19-30(32(35-28(25)13-17-38)36-43(39,40)31-7-5-6-26(33)22(31)2)42-21-24-8-9-27(34)29(18-24)41-20-23-10-14-37(3)15-11-23/h5-9,18-19,23H,4,10-17,20-21H2,1-3H3,(H,35,36). The summed E-state index contributed by atoms with van der Waals surface area (Å²) < 4.78 is 42.2. The Labute approximate surface area is 265 Å². The van der Waals surface area contributed by atoms with Crippen molar-refractivity contribution in [2.24, 2.45) is 5.92 Å². The van der Waals surface area contributed by atoms with Crippen molar-refractivity contribution in [1.82, 2.24) is 14.8 Å². The van der Waals surface area contributed by atoms with E-state index >= 15 is 0 Å². The highest BCUT2D eigenvalue weighted by molar-refractivity contribution is 7.92. The summed E-state index contributed by atoms with van der Waals surface area (Å²) in [5.41, 5.74) is 3.27. The first-order valence-electron chi connectivity index (χ1n) is 14.9. The first-order valence-corrected chi connectivity index (χ1v) is 17.1. The van der Waals surface area contributed by atoms with Crippen molar-refractivity contribution in [3.05, 3.63) is 74.9 Å². The lowest BCUT2D eigenvalue weighted by atomic mass is 9.98. The smallest absolute Gasteiger partial charge is 0.263 e. The van der Waals surface area contributed by atoms with Crippen LogP contribution in [0.25, 0.3) is 0 Å². The van der Waals surface area contributed by atoms with Crippen LogP contribution in [0, 0.1) is 12.8 Å². The Hall–Kier alpha value is -2.56. The van der Waals surface area contributed by atoms with E-state index in [1.54, 1.807) is 19.1 Å². The Bertz CT molecular complexity index is 1540. The molecule has 2 aromatic carbocycles. The van der Waals surface area contributed by atoms with E-state index in [2.05, 4.69) is 28.5 Å². The molecule has 11 heteroatoms. The highest BCUT2D eigenvalue weighted by Crippen LogP contribution is 2.33. The number of halogens is 2. The molecule has 0 bridgehead atoms. The molecule has 0 atom stereocenters. The SMILES string of the molecule is CCN1CCc2cc(OCc3ccc(Cl)c(OCC4CCN(C)CC4)c3)c(NS(=O)(=O)c3cccc(Cl)c3C)nc2CC1. The Balaban J connectivity index is 1.38. The Kier molecular flexibility index (Phi) is 10.4. The van der Waals surface area contributed by atoms with Crippen molar-refractivity contribution in [2.45, 2.75) is 51.0 Å². The predicted octanol–water partition coefficient (Wildman–Crippen LogP) is 6.22. The minimum atomic E-state index is -3.98. The summed E-state index contributed by atoms with van der Waals surface area (Å²) in [6, 6.07) is 12.3. The van der Waals surface area contributed by atoms with Crippen molar-refractivity contribution < 1.29 is 17.9 Å². The summed E-state index contributed by atoms with van der Waals surface area (Å²) in [6.07, 6.45) is 3.74. The summed E-state index contributed by atoms with van der Waals surface area (Å²) in [5, 5.41) is 0.930. The highest BCUT2D eigenvalue weighted by Gasteiger charge is 2.24. The number of nitrogens with one attached hydrogen (secondary N) is 1. The number of likely N-dealkylation sites (tertiary alicyclic amines) is 1. The van der Waals surface area contributed by atoms with Crippen LogP contribution in [0.2, 0.25) is 10.0 Å². The number of benzene rings is 2. The molecule has 0 aliphatic carbocycles. The lowest BCUT2D eigenvalue weighted by molar-refractivity contribution is 0.160. The van der Waals surface area contributed by atoms with Crippen molar-refractivity contribution in [3.8, 4) is 11.5 Å². The van der Waals surface area contributed by atoms with Gasteiger partial charge in [0.25, 0.3) is 10.0 Å². The lowest BCUT2D eigenvalue weighted by Crippen LogP contribution is -2.32. The van der Waals surface area contributed by atoms with Gasteiger partial charge in [0.1, 0.15) is 12.4 Å². The molecular formula is C32H40Cl2N4O4S. The molecule has 1 saturated heterocycles. The third-order valence-electron chi connectivity index (χ3n) is 8.41. The summed E-state index contributed by atoms with van der Waals surface area (Å²) in [7, 11) is -1.84. The van der Waals surface area contributed by atoms with E-state index in [-0.39, 0.29) is 17.3 Å². The summed E-state index contributed by atoms with van der Waals surface area (Å²) in [5.74, 6) is 1.66. The van der Waals surface area contributed by atoms with Crippen molar-refractivity contribution in [1.29, 1.82) is 0 Å². The van der Waals surface area contributed by atoms with Crippen molar-refractivity contribution >= 4 is 39.0 Å². The third-order valence-corrected chi connectivity index (χ3v) is 10.6. The second kappa shape index (κ2) is 14.0. The highest BCUT2D eigenvalue weighted by atomic mass is 35.5. The predicted molar refractivity (Wildman–Crippen MR) is 172 cm³/mol. The van der Waals surface area contributed by atoms with Gasteiger partial charge in [-0.25, -0.2) is 13.4 Å². The van der Waals surface area contributed by atoms with Gasteiger partial charge < -0.3 is 19.3 Å². The monoisotopic (exact) mass is 646 g/mol. The molecule has 8 nitrogen and oxygen atoms in total. The van der Waals surface area contributed by atoms with E-state index in [0.717, 1.165) is 75.2 Å². The zero-order valence-corrected chi connectivity index (χ0v) is 27.4. The quantitative estimate of drug-likeness (QED) is 0.280. The molecule has 2 aliphatic rings. The first kappa shape index (κ1) is 31.9. The number of rotatable bonds is 10. The van der Waals surface area contributed by atoms with Crippen molar-refractivity contribution in [3.63, 3.8) is 0 Å². The van der Waals surface area contributed by atoms with Gasteiger partial charge in [-0.05, 0) is 106 Å². The number of sulfonamides is 1. The summed E-state index contributed by atoms with van der Waals surface area (Å²) >= 11 is 12.7. The molecule has 0 unspecified atom stereocenters. The number of nitrogens with zero attached hydrogens (tertiary/aromatic N) is 3. The van der Waals surface area contributed by atoms with Gasteiger partial charge in [-0.2, -0.15) is 0 Å². The Morgan fingerprint density at radius 1 is 0.977 bits per heavy atom. The van der Waals surface area contributed by atoms with Crippen LogP contribution < -0.4 is 14.2 Å². The molecule has 5 rings (SSSR count). The number of hydrogen-bond acceptors (Lipinski definition) is 7. The van der Waals surface area contributed by atoms with Gasteiger partial charge in [0.15, 0.2) is 11.6 Å². The largest absolute Gasteiger partial charge is 0.492 e. The number of fused-ring (bicyclic) bond motifs is 1. The molecule has 0 spiro atoms. The van der Waals surface area contributed by atoms with Gasteiger partial charge >= 0.3 is 0 Å². The van der Waals surface area contributed by atoms with Gasteiger partial charge in [0.2, 0.25) is 0 Å². The van der Waals surface area contributed by atoms with Gasteiger partial charge in [-0.1, -0.05) is 42.3 Å². The zero-order chi connectivity index (χ0) is 30.6. The minimum absolute atomic E-state index is 0.101. The normalized spacial score (nSPS) is 16.9. The topological polar surface area (TPSA) is 84.0 Å². The molecule has 1 aromatic heterocycles. The molecule has 3 aromatic rings. The van der Waals surface area contributed by atoms with Crippen LogP contribution in [-0.2, 0) is 29.5 Å². The van der Waals surface area contributed by atoms with Gasteiger partial charge in [0, 0.05) is 30.2 Å². The molecule has 43 heavy (non-hydrogen) atoms. The maximum Gasteiger partial charge on any atom is 0.263 e. The molecule has 1 fully saturated rings. The molecule has 3 heterocycles. The number of aromatic nitrogens is 1. The first-order chi connectivity index (χ1) is 20.6. The summed E-state index contributed by atoms with van der Waals surface area (Å²) in [6.45, 7) is 9.50. The second-order valence-electron chi connectivity index (χ2n) is 11.5. The molecule has 0 saturated carbocycles. The van der Waals surface area contributed by atoms with Gasteiger partial charge in [0.05, 0.1) is 16.5 Å². The Morgan fingerprint density at radius 3 is 2.51 bits per heavy atom. The van der Waals surface area contributed by atoms with Crippen LogP contribution in [0.15, 0.2) is 47.4 Å². The third kappa shape index (κ3) is 7.94. The average molecular weight is 648 g/mol. The molecule has 2 aliphatic heterocycles. The maximum atomic E-state index is 13.5. The van der Waals surface area contributed by atoms with E-state index in [9.17, 15) is 8.42 Å². The van der Waals surface area contributed by atoms with Gasteiger partial charge in [-0.3, -0.25) is 4.72 Å². The van der Waals surface area contributed by atoms with E-state index in [1.807, 2.05) is 24.3 Å². The fraction of sp³-hybridized carbons (Fsp3) is 0.469. The molecule has 0 radical (unpaired) electrons. The fourth-order valence-corrected chi connectivity index (χ4v) is 7.25. The maximum absolute atomic E-state index is 13.5. The Morgan fingerprint density at radius 2 is 1.74 bits per heavy atom. The van der Waals surface area contributed by atoms with Crippen LogP contribution in [0.3, 0.4) is 0 Å².